The van der Waals surface area contributed by atoms with E-state index in [0.717, 1.165) is 6.20 Å². The highest BCUT2D eigenvalue weighted by Crippen LogP contribution is 2.15. The van der Waals surface area contributed by atoms with Crippen LogP contribution in [-0.2, 0) is 9.53 Å². The smallest absolute Gasteiger partial charge is 0.339 e. The van der Waals surface area contributed by atoms with Crippen LogP contribution >= 0.6 is 0 Å². The Morgan fingerprint density at radius 1 is 1.35 bits per heavy atom. The molecule has 0 aliphatic rings. The number of carbonyl (C=O) groups is 2. The van der Waals surface area contributed by atoms with Crippen molar-refractivity contribution in [1.82, 2.24) is 4.98 Å². The molecule has 17 heavy (non-hydrogen) atoms. The van der Waals surface area contributed by atoms with Gasteiger partial charge in [-0.3, -0.25) is 4.98 Å². The molecule has 0 saturated heterocycles. The summed E-state index contributed by atoms with van der Waals surface area (Å²) < 4.78 is 4.44. The van der Waals surface area contributed by atoms with Crippen LogP contribution in [0, 0.1) is 0 Å². The van der Waals surface area contributed by atoms with E-state index in [0.29, 0.717) is 0 Å². The van der Waals surface area contributed by atoms with Gasteiger partial charge in [0, 0.05) is 6.20 Å². The first-order chi connectivity index (χ1) is 7.97. The summed E-state index contributed by atoms with van der Waals surface area (Å²) in [5, 5.41) is 27.0. The maximum absolute atomic E-state index is 11.1. The number of aromatic nitrogens is 1. The highest BCUT2D eigenvalue weighted by Gasteiger charge is 2.26. The number of carboxylic acid groups (broad SMARTS) is 1. The molecule has 0 aromatic carbocycles. The molecular formula is C10H11NO6. The van der Waals surface area contributed by atoms with Gasteiger partial charge in [0.15, 0.2) is 6.10 Å². The molecule has 1 rings (SSSR count). The van der Waals surface area contributed by atoms with E-state index in [1.165, 1.54) is 19.2 Å². The molecule has 92 valence electrons. The summed E-state index contributed by atoms with van der Waals surface area (Å²) in [6.07, 6.45) is -2.50. The van der Waals surface area contributed by atoms with E-state index in [1.807, 2.05) is 0 Å². The number of pyridine rings is 1. The fraction of sp³-hybridized carbons (Fsp3) is 0.300. The zero-order valence-corrected chi connectivity index (χ0v) is 8.90. The van der Waals surface area contributed by atoms with Crippen LogP contribution in [0.1, 0.15) is 22.2 Å². The van der Waals surface area contributed by atoms with Gasteiger partial charge in [-0.1, -0.05) is 0 Å². The van der Waals surface area contributed by atoms with Gasteiger partial charge < -0.3 is 20.1 Å². The quantitative estimate of drug-likeness (QED) is 0.599. The van der Waals surface area contributed by atoms with E-state index >= 15 is 0 Å². The fourth-order valence-electron chi connectivity index (χ4n) is 1.12. The van der Waals surface area contributed by atoms with Crippen molar-refractivity contribution in [3.05, 3.63) is 29.6 Å². The van der Waals surface area contributed by atoms with Gasteiger partial charge in [-0.15, -0.1) is 0 Å². The van der Waals surface area contributed by atoms with E-state index in [1.54, 1.807) is 0 Å². The monoisotopic (exact) mass is 241 g/mol. The second-order valence-corrected chi connectivity index (χ2v) is 3.19. The van der Waals surface area contributed by atoms with Crippen molar-refractivity contribution < 1.29 is 29.6 Å². The highest BCUT2D eigenvalue weighted by atomic mass is 16.5. The van der Waals surface area contributed by atoms with Crippen LogP contribution < -0.4 is 0 Å². The summed E-state index contributed by atoms with van der Waals surface area (Å²) in [6.45, 7) is 0. The van der Waals surface area contributed by atoms with Crippen LogP contribution in [0.2, 0.25) is 0 Å². The number of aliphatic hydroxyl groups excluding tert-OH is 2. The number of carbonyl (C=O) groups excluding carboxylic acids is 1. The number of hydrogen-bond acceptors (Lipinski definition) is 6. The summed E-state index contributed by atoms with van der Waals surface area (Å²) in [5.41, 5.74) is 0.112. The number of hydrogen-bond donors (Lipinski definition) is 3. The lowest BCUT2D eigenvalue weighted by molar-refractivity contribution is -0.153. The zero-order chi connectivity index (χ0) is 13.0. The van der Waals surface area contributed by atoms with Crippen LogP contribution in [0.15, 0.2) is 18.3 Å². The lowest BCUT2D eigenvalue weighted by atomic mass is 10.1. The minimum atomic E-state index is -1.97. The number of aliphatic carboxylic acids is 1. The summed E-state index contributed by atoms with van der Waals surface area (Å²) in [6, 6.07) is 2.55. The normalized spacial score (nSPS) is 13.8. The Morgan fingerprint density at radius 2 is 2.00 bits per heavy atom. The van der Waals surface area contributed by atoms with Gasteiger partial charge >= 0.3 is 11.9 Å². The SMILES string of the molecule is COC(=O)c1ccc(C(O)C(O)C(=O)O)nc1. The van der Waals surface area contributed by atoms with E-state index in [4.69, 9.17) is 10.2 Å². The van der Waals surface area contributed by atoms with Crippen LogP contribution in [0.3, 0.4) is 0 Å². The van der Waals surface area contributed by atoms with Crippen molar-refractivity contribution in [1.29, 1.82) is 0 Å². The second-order valence-electron chi connectivity index (χ2n) is 3.19. The van der Waals surface area contributed by atoms with Crippen molar-refractivity contribution in [3.8, 4) is 0 Å². The van der Waals surface area contributed by atoms with Gasteiger partial charge in [0.2, 0.25) is 0 Å². The summed E-state index contributed by atoms with van der Waals surface area (Å²) in [4.78, 5) is 25.2. The Morgan fingerprint density at radius 3 is 2.41 bits per heavy atom. The van der Waals surface area contributed by atoms with Gasteiger partial charge in [0.05, 0.1) is 18.4 Å². The Bertz CT molecular complexity index is 415. The number of methoxy groups -OCH3 is 1. The fourth-order valence-corrected chi connectivity index (χ4v) is 1.12. The summed E-state index contributed by atoms with van der Waals surface area (Å²) in [5.74, 6) is -2.16. The number of nitrogens with zero attached hydrogens (tertiary/aromatic N) is 1. The van der Waals surface area contributed by atoms with Crippen LogP contribution in [0.25, 0.3) is 0 Å². The van der Waals surface area contributed by atoms with Gasteiger partial charge in [0.25, 0.3) is 0 Å². The highest BCUT2D eigenvalue weighted by molar-refractivity contribution is 5.88. The maximum atomic E-state index is 11.1. The van der Waals surface area contributed by atoms with E-state index in [2.05, 4.69) is 9.72 Å². The topological polar surface area (TPSA) is 117 Å². The average Bonchev–Trinajstić information content (AvgIpc) is 2.36. The molecule has 3 N–H and O–H groups in total. The number of rotatable bonds is 4. The first-order valence-electron chi connectivity index (χ1n) is 4.60. The van der Waals surface area contributed by atoms with Crippen LogP contribution in [0.5, 0.6) is 0 Å². The van der Waals surface area contributed by atoms with Crippen molar-refractivity contribution in [2.24, 2.45) is 0 Å². The molecule has 0 bridgehead atoms. The molecule has 0 saturated carbocycles. The predicted molar refractivity (Wildman–Crippen MR) is 54.2 cm³/mol. The molecule has 2 unspecified atom stereocenters. The van der Waals surface area contributed by atoms with E-state index < -0.39 is 24.1 Å². The van der Waals surface area contributed by atoms with E-state index in [9.17, 15) is 14.7 Å². The van der Waals surface area contributed by atoms with Crippen molar-refractivity contribution in [2.45, 2.75) is 12.2 Å². The Balaban J connectivity index is 2.87. The molecule has 1 heterocycles. The van der Waals surface area contributed by atoms with Gasteiger partial charge in [-0.2, -0.15) is 0 Å². The molecule has 7 nitrogen and oxygen atoms in total. The van der Waals surface area contributed by atoms with Crippen molar-refractivity contribution in [2.75, 3.05) is 7.11 Å². The third kappa shape index (κ3) is 2.99. The molecule has 1 aromatic rings. The molecule has 0 fully saturated rings. The maximum Gasteiger partial charge on any atom is 0.339 e. The first-order valence-corrected chi connectivity index (χ1v) is 4.60. The molecule has 0 aliphatic carbocycles. The summed E-state index contributed by atoms with van der Waals surface area (Å²) >= 11 is 0. The summed E-state index contributed by atoms with van der Waals surface area (Å²) in [7, 11) is 1.21. The Labute approximate surface area is 96.3 Å². The molecule has 0 aliphatic heterocycles. The third-order valence-electron chi connectivity index (χ3n) is 2.06. The molecule has 2 atom stereocenters. The standard InChI is InChI=1S/C10H11NO6/c1-17-10(16)5-2-3-6(11-4-5)7(12)8(13)9(14)15/h2-4,7-8,12-13H,1H3,(H,14,15). The number of esters is 1. The largest absolute Gasteiger partial charge is 0.479 e. The van der Waals surface area contributed by atoms with Crippen molar-refractivity contribution >= 4 is 11.9 Å². The molecule has 0 spiro atoms. The van der Waals surface area contributed by atoms with Crippen LogP contribution in [0.4, 0.5) is 0 Å². The number of ether oxygens (including phenoxy) is 1. The predicted octanol–water partition coefficient (Wildman–Crippen LogP) is -0.653. The molecule has 0 radical (unpaired) electrons. The third-order valence-corrected chi connectivity index (χ3v) is 2.06. The lowest BCUT2D eigenvalue weighted by Crippen LogP contribution is -2.28. The molecule has 0 amide bonds. The van der Waals surface area contributed by atoms with Gasteiger partial charge in [-0.25, -0.2) is 9.59 Å². The van der Waals surface area contributed by atoms with Gasteiger partial charge in [0.1, 0.15) is 6.10 Å². The molecule has 1 aromatic heterocycles. The minimum Gasteiger partial charge on any atom is -0.479 e. The minimum absolute atomic E-state index is 0.0486. The molecular weight excluding hydrogens is 230 g/mol. The number of aliphatic hydroxyl groups is 2. The van der Waals surface area contributed by atoms with Crippen molar-refractivity contribution in [3.63, 3.8) is 0 Å². The van der Waals surface area contributed by atoms with Crippen LogP contribution in [-0.4, -0.2) is 45.5 Å². The Kier molecular flexibility index (Phi) is 4.13. The first kappa shape index (κ1) is 13.1. The lowest BCUT2D eigenvalue weighted by Gasteiger charge is -2.13. The number of carboxylic acids is 1. The zero-order valence-electron chi connectivity index (χ0n) is 8.90. The Hall–Kier alpha value is -1.99. The second kappa shape index (κ2) is 5.37. The average molecular weight is 241 g/mol. The molecule has 7 heteroatoms. The van der Waals surface area contributed by atoms with Gasteiger partial charge in [-0.05, 0) is 12.1 Å². The van der Waals surface area contributed by atoms with E-state index in [-0.39, 0.29) is 11.3 Å².